The number of benzene rings is 2. The second kappa shape index (κ2) is 13.2. The second-order valence-corrected chi connectivity index (χ2v) is 11.5. The Hall–Kier alpha value is -2.21. The smallest absolute Gasteiger partial charge is 0.354 e. The van der Waals surface area contributed by atoms with Crippen molar-refractivity contribution in [3.8, 4) is 0 Å². The number of halogens is 6. The molecule has 210 valence electrons. The summed E-state index contributed by atoms with van der Waals surface area (Å²) in [5, 5.41) is 2.51. The predicted octanol–water partition coefficient (Wildman–Crippen LogP) is 5.77. The van der Waals surface area contributed by atoms with Crippen LogP contribution in [0.25, 0.3) is 0 Å². The van der Waals surface area contributed by atoms with Crippen molar-refractivity contribution in [2.45, 2.75) is 45.5 Å². The van der Waals surface area contributed by atoms with E-state index in [1.165, 1.54) is 0 Å². The number of amides is 2. The zero-order chi connectivity index (χ0) is 28.8. The molecule has 14 heteroatoms. The van der Waals surface area contributed by atoms with Crippen molar-refractivity contribution in [1.29, 1.82) is 0 Å². The summed E-state index contributed by atoms with van der Waals surface area (Å²) in [5.74, 6) is -1.34. The van der Waals surface area contributed by atoms with Crippen LogP contribution in [0, 0.1) is 0 Å². The van der Waals surface area contributed by atoms with E-state index >= 15 is 0 Å². The summed E-state index contributed by atoms with van der Waals surface area (Å²) in [7, 11) is -4.25. The Bertz CT molecular complexity index is 1260. The molecule has 0 aliphatic rings. The third kappa shape index (κ3) is 8.14. The minimum absolute atomic E-state index is 0.154. The average molecular weight is 617 g/mol. The summed E-state index contributed by atoms with van der Waals surface area (Å²) in [4.78, 5) is 27.7. The topological polar surface area (TPSA) is 86.8 Å². The Morgan fingerprint density at radius 3 is 2.13 bits per heavy atom. The molecular weight excluding hydrogens is 590 g/mol. The van der Waals surface area contributed by atoms with Crippen LogP contribution in [0.4, 0.5) is 18.9 Å². The molecule has 0 fully saturated rings. The van der Waals surface area contributed by atoms with E-state index < -0.39 is 56.9 Å². The monoisotopic (exact) mass is 615 g/mol. The Balaban J connectivity index is 2.57. The van der Waals surface area contributed by atoms with Gasteiger partial charge in [0.05, 0.1) is 22.5 Å². The van der Waals surface area contributed by atoms with Gasteiger partial charge in [-0.3, -0.25) is 13.9 Å². The van der Waals surface area contributed by atoms with Gasteiger partial charge in [-0.05, 0) is 43.2 Å². The average Bonchev–Trinajstić information content (AvgIpc) is 2.81. The van der Waals surface area contributed by atoms with Gasteiger partial charge >= 0.3 is 6.18 Å². The van der Waals surface area contributed by atoms with Crippen LogP contribution in [-0.2, 0) is 32.3 Å². The van der Waals surface area contributed by atoms with E-state index in [1.807, 2.05) is 6.92 Å². The normalized spacial score (nSPS) is 12.7. The van der Waals surface area contributed by atoms with E-state index in [0.29, 0.717) is 28.9 Å². The zero-order valence-corrected chi connectivity index (χ0v) is 23.9. The predicted molar refractivity (Wildman–Crippen MR) is 143 cm³/mol. The van der Waals surface area contributed by atoms with Crippen LogP contribution in [0.15, 0.2) is 36.4 Å². The van der Waals surface area contributed by atoms with E-state index in [-0.39, 0.29) is 23.0 Å². The minimum Gasteiger partial charge on any atom is -0.354 e. The molecule has 1 N–H and O–H groups in total. The maximum Gasteiger partial charge on any atom is 0.417 e. The summed E-state index contributed by atoms with van der Waals surface area (Å²) >= 11 is 18.3. The lowest BCUT2D eigenvalue weighted by molar-refractivity contribution is -0.140. The maximum absolute atomic E-state index is 13.6. The number of rotatable bonds is 11. The fourth-order valence-corrected chi connectivity index (χ4v) is 5.22. The third-order valence-corrected chi connectivity index (χ3v) is 7.73. The number of hydrogen-bond donors (Lipinski definition) is 1. The molecule has 2 aromatic rings. The fraction of sp³-hybridized carbons (Fsp3) is 0.417. The standard InChI is InChI=1S/C24H27Cl3F3N3O4S/c1-4-11-31-23(35)21(5-2)32(13-16-18(25)7-6-8-19(16)26)22(34)14-33(38(3,36)37)15-9-10-20(27)17(12-15)24(28,29)30/h6-10,12,21H,4-5,11,13-14H2,1-3H3,(H,31,35)/t21-/m0/s1. The Kier molecular flexibility index (Phi) is 11.1. The molecule has 0 aliphatic carbocycles. The van der Waals surface area contributed by atoms with Gasteiger partial charge in [-0.25, -0.2) is 8.42 Å². The lowest BCUT2D eigenvalue weighted by Gasteiger charge is -2.33. The van der Waals surface area contributed by atoms with Crippen molar-refractivity contribution >= 4 is 62.3 Å². The molecule has 2 amide bonds. The van der Waals surface area contributed by atoms with Crippen LogP contribution in [-0.4, -0.2) is 50.5 Å². The molecule has 0 aliphatic heterocycles. The van der Waals surface area contributed by atoms with Crippen LogP contribution >= 0.6 is 34.8 Å². The van der Waals surface area contributed by atoms with Crippen molar-refractivity contribution in [2.75, 3.05) is 23.7 Å². The van der Waals surface area contributed by atoms with Gasteiger partial charge in [0.25, 0.3) is 0 Å². The van der Waals surface area contributed by atoms with Gasteiger partial charge in [-0.2, -0.15) is 13.2 Å². The number of hydrogen-bond acceptors (Lipinski definition) is 4. The largest absolute Gasteiger partial charge is 0.417 e. The Morgan fingerprint density at radius 2 is 1.63 bits per heavy atom. The number of carbonyl (C=O) groups is 2. The first-order valence-electron chi connectivity index (χ1n) is 11.5. The van der Waals surface area contributed by atoms with Crippen LogP contribution in [0.1, 0.15) is 37.8 Å². The summed E-state index contributed by atoms with van der Waals surface area (Å²) < 4.78 is 66.1. The van der Waals surface area contributed by atoms with Gasteiger partial charge in [0.15, 0.2) is 0 Å². The molecule has 1 atom stereocenters. The number of alkyl halides is 3. The van der Waals surface area contributed by atoms with Crippen molar-refractivity contribution < 1.29 is 31.2 Å². The lowest BCUT2D eigenvalue weighted by Crippen LogP contribution is -2.52. The molecule has 0 spiro atoms. The first-order valence-corrected chi connectivity index (χ1v) is 14.4. The van der Waals surface area contributed by atoms with E-state index in [4.69, 9.17) is 34.8 Å². The van der Waals surface area contributed by atoms with Crippen LogP contribution in [0.5, 0.6) is 0 Å². The molecular formula is C24H27Cl3F3N3O4S. The van der Waals surface area contributed by atoms with Crippen LogP contribution in [0.2, 0.25) is 15.1 Å². The molecule has 2 aromatic carbocycles. The molecule has 2 rings (SSSR count). The van der Waals surface area contributed by atoms with Crippen molar-refractivity contribution in [3.63, 3.8) is 0 Å². The highest BCUT2D eigenvalue weighted by molar-refractivity contribution is 7.92. The molecule has 0 bridgehead atoms. The first-order chi connectivity index (χ1) is 17.6. The molecule has 0 aromatic heterocycles. The summed E-state index contributed by atoms with van der Waals surface area (Å²) in [6.45, 7) is 2.70. The van der Waals surface area contributed by atoms with Gasteiger partial charge < -0.3 is 10.2 Å². The van der Waals surface area contributed by atoms with Gasteiger partial charge in [0, 0.05) is 28.7 Å². The SMILES string of the molecule is CCCNC(=O)[C@H](CC)N(Cc1c(Cl)cccc1Cl)C(=O)CN(c1ccc(Cl)c(C(F)(F)F)c1)S(C)(=O)=O. The molecule has 7 nitrogen and oxygen atoms in total. The van der Waals surface area contributed by atoms with E-state index in [1.54, 1.807) is 25.1 Å². The highest BCUT2D eigenvalue weighted by atomic mass is 35.5. The van der Waals surface area contributed by atoms with Gasteiger partial charge in [0.2, 0.25) is 21.8 Å². The van der Waals surface area contributed by atoms with Crippen LogP contribution in [0.3, 0.4) is 0 Å². The zero-order valence-electron chi connectivity index (χ0n) is 20.8. The van der Waals surface area contributed by atoms with E-state index in [2.05, 4.69) is 5.32 Å². The van der Waals surface area contributed by atoms with Gasteiger partial charge in [-0.1, -0.05) is 54.7 Å². The summed E-state index contributed by atoms with van der Waals surface area (Å²) in [5.41, 5.74) is -1.36. The molecule has 0 saturated carbocycles. The number of sulfonamides is 1. The molecule has 0 heterocycles. The van der Waals surface area contributed by atoms with E-state index in [0.717, 1.165) is 23.3 Å². The highest BCUT2D eigenvalue weighted by Gasteiger charge is 2.36. The highest BCUT2D eigenvalue weighted by Crippen LogP contribution is 2.37. The third-order valence-electron chi connectivity index (χ3n) is 5.55. The fourth-order valence-electron chi connectivity index (χ4n) is 3.64. The number of carbonyl (C=O) groups excluding carboxylic acids is 2. The second-order valence-electron chi connectivity index (χ2n) is 8.37. The number of anilines is 1. The quantitative estimate of drug-likeness (QED) is 0.348. The summed E-state index contributed by atoms with van der Waals surface area (Å²) in [6, 6.07) is 6.15. The molecule has 0 radical (unpaired) electrons. The first kappa shape index (κ1) is 32.0. The van der Waals surface area contributed by atoms with Gasteiger partial charge in [-0.15, -0.1) is 0 Å². The Labute approximate surface area is 234 Å². The van der Waals surface area contributed by atoms with Gasteiger partial charge in [0.1, 0.15) is 12.6 Å². The molecule has 38 heavy (non-hydrogen) atoms. The lowest BCUT2D eigenvalue weighted by atomic mass is 10.1. The molecule has 0 unspecified atom stereocenters. The van der Waals surface area contributed by atoms with Crippen molar-refractivity contribution in [1.82, 2.24) is 10.2 Å². The van der Waals surface area contributed by atoms with Crippen LogP contribution < -0.4 is 9.62 Å². The molecule has 0 saturated heterocycles. The minimum atomic E-state index is -4.86. The summed E-state index contributed by atoms with van der Waals surface area (Å²) in [6.07, 6.45) is -3.33. The number of nitrogens with zero attached hydrogens (tertiary/aromatic N) is 2. The maximum atomic E-state index is 13.6. The number of nitrogens with one attached hydrogen (secondary N) is 1. The van der Waals surface area contributed by atoms with Crippen molar-refractivity contribution in [2.24, 2.45) is 0 Å². The van der Waals surface area contributed by atoms with E-state index in [9.17, 15) is 31.2 Å². The Morgan fingerprint density at radius 1 is 1.03 bits per heavy atom. The van der Waals surface area contributed by atoms with Crippen molar-refractivity contribution in [3.05, 3.63) is 62.6 Å².